The minimum Gasteiger partial charge on any atom is -0.496 e. The van der Waals surface area contributed by atoms with Gasteiger partial charge in [0.15, 0.2) is 0 Å². The highest BCUT2D eigenvalue weighted by Crippen LogP contribution is 2.19. The van der Waals surface area contributed by atoms with Gasteiger partial charge in [-0.1, -0.05) is 24.3 Å². The van der Waals surface area contributed by atoms with Crippen molar-refractivity contribution in [2.45, 2.75) is 6.54 Å². The van der Waals surface area contributed by atoms with Crippen LogP contribution in [0.1, 0.15) is 5.56 Å². The number of nitrogens with zero attached hydrogens (tertiary/aromatic N) is 1. The molecule has 0 aromatic heterocycles. The van der Waals surface area contributed by atoms with Crippen LogP contribution >= 0.6 is 0 Å². The van der Waals surface area contributed by atoms with Gasteiger partial charge in [-0.3, -0.25) is 9.69 Å². The number of carbonyl (C=O) groups is 1. The zero-order chi connectivity index (χ0) is 17.4. The smallest absolute Gasteiger partial charge is 0.238 e. The van der Waals surface area contributed by atoms with Gasteiger partial charge in [-0.15, -0.1) is 0 Å². The van der Waals surface area contributed by atoms with Gasteiger partial charge in [-0.2, -0.15) is 0 Å². The average Bonchev–Trinajstić information content (AvgIpc) is 2.55. The van der Waals surface area contributed by atoms with E-state index in [9.17, 15) is 14.3 Å². The van der Waals surface area contributed by atoms with Crippen LogP contribution in [0.25, 0.3) is 0 Å². The van der Waals surface area contributed by atoms with Crippen LogP contribution in [0, 0.1) is 5.82 Å². The fraction of sp³-hybridized carbons (Fsp3) is 0.278. The van der Waals surface area contributed by atoms with Crippen LogP contribution in [0.3, 0.4) is 0 Å². The van der Waals surface area contributed by atoms with Gasteiger partial charge in [-0.05, 0) is 24.3 Å². The van der Waals surface area contributed by atoms with Crippen molar-refractivity contribution in [3.8, 4) is 5.75 Å². The van der Waals surface area contributed by atoms with Gasteiger partial charge in [0, 0.05) is 24.3 Å². The largest absolute Gasteiger partial charge is 0.496 e. The maximum absolute atomic E-state index is 13.2. The number of rotatable bonds is 8. The van der Waals surface area contributed by atoms with Crippen molar-refractivity contribution in [2.24, 2.45) is 0 Å². The zero-order valence-electron chi connectivity index (χ0n) is 13.5. The summed E-state index contributed by atoms with van der Waals surface area (Å²) in [7, 11) is 1.59. The molecule has 0 unspecified atom stereocenters. The number of anilines is 1. The number of aliphatic hydroxyl groups excluding tert-OH is 1. The van der Waals surface area contributed by atoms with E-state index < -0.39 is 5.82 Å². The number of halogens is 1. The van der Waals surface area contributed by atoms with Crippen molar-refractivity contribution < 1.29 is 19.0 Å². The molecule has 0 radical (unpaired) electrons. The second-order valence-electron chi connectivity index (χ2n) is 5.30. The molecule has 0 aliphatic carbocycles. The van der Waals surface area contributed by atoms with E-state index >= 15 is 0 Å². The summed E-state index contributed by atoms with van der Waals surface area (Å²) in [6, 6.07) is 13.2. The number of hydrogen-bond acceptors (Lipinski definition) is 4. The SMILES string of the molecule is COc1ccccc1CN(CCO)CC(=O)Nc1cccc(F)c1. The number of aliphatic hydroxyl groups is 1. The van der Waals surface area contributed by atoms with Crippen molar-refractivity contribution >= 4 is 11.6 Å². The Morgan fingerprint density at radius 1 is 1.25 bits per heavy atom. The van der Waals surface area contributed by atoms with Gasteiger partial charge in [0.1, 0.15) is 11.6 Å². The molecule has 0 heterocycles. The lowest BCUT2D eigenvalue weighted by atomic mass is 10.2. The maximum atomic E-state index is 13.2. The second-order valence-corrected chi connectivity index (χ2v) is 5.30. The molecule has 5 nitrogen and oxygen atoms in total. The fourth-order valence-electron chi connectivity index (χ4n) is 2.40. The molecule has 6 heteroatoms. The van der Waals surface area contributed by atoms with E-state index in [1.165, 1.54) is 18.2 Å². The summed E-state index contributed by atoms with van der Waals surface area (Å²) in [5, 5.41) is 11.9. The van der Waals surface area contributed by atoms with Crippen LogP contribution in [-0.4, -0.2) is 42.7 Å². The summed E-state index contributed by atoms with van der Waals surface area (Å²) in [6.07, 6.45) is 0. The van der Waals surface area contributed by atoms with Gasteiger partial charge < -0.3 is 15.2 Å². The summed E-state index contributed by atoms with van der Waals surface area (Å²) in [5.74, 6) is 0.0453. The molecule has 128 valence electrons. The molecule has 2 aromatic rings. The standard InChI is InChI=1S/C18H21FN2O3/c1-24-17-8-3-2-5-14(17)12-21(9-10-22)13-18(23)20-16-7-4-6-15(19)11-16/h2-8,11,22H,9-10,12-13H2,1H3,(H,20,23). The quantitative estimate of drug-likeness (QED) is 0.778. The number of methoxy groups -OCH3 is 1. The van der Waals surface area contributed by atoms with E-state index in [0.29, 0.717) is 18.8 Å². The lowest BCUT2D eigenvalue weighted by molar-refractivity contribution is -0.117. The number of carbonyl (C=O) groups excluding carboxylic acids is 1. The van der Waals surface area contributed by atoms with Crippen molar-refractivity contribution in [1.29, 1.82) is 0 Å². The first kappa shape index (κ1) is 17.9. The monoisotopic (exact) mass is 332 g/mol. The minimum absolute atomic E-state index is 0.0671. The lowest BCUT2D eigenvalue weighted by Crippen LogP contribution is -2.35. The molecule has 1 amide bonds. The van der Waals surface area contributed by atoms with Gasteiger partial charge >= 0.3 is 0 Å². The second kappa shape index (κ2) is 9.00. The predicted molar refractivity (Wildman–Crippen MR) is 90.4 cm³/mol. The minimum atomic E-state index is -0.408. The molecule has 0 fully saturated rings. The molecule has 0 aliphatic heterocycles. The summed E-state index contributed by atoms with van der Waals surface area (Å²) < 4.78 is 18.5. The number of amides is 1. The zero-order valence-corrected chi connectivity index (χ0v) is 13.5. The van der Waals surface area contributed by atoms with E-state index in [2.05, 4.69) is 5.32 Å². The Labute approximate surface area is 140 Å². The van der Waals surface area contributed by atoms with E-state index in [0.717, 1.165) is 11.3 Å². The summed E-state index contributed by atoms with van der Waals surface area (Å²) >= 11 is 0. The van der Waals surface area contributed by atoms with E-state index in [-0.39, 0.29) is 19.1 Å². The number of para-hydroxylation sites is 1. The Hall–Kier alpha value is -2.44. The Morgan fingerprint density at radius 3 is 2.75 bits per heavy atom. The van der Waals surface area contributed by atoms with Crippen molar-refractivity contribution in [1.82, 2.24) is 4.90 Å². The topological polar surface area (TPSA) is 61.8 Å². The van der Waals surface area contributed by atoms with Gasteiger partial charge in [0.2, 0.25) is 5.91 Å². The predicted octanol–water partition coefficient (Wildman–Crippen LogP) is 2.27. The number of hydrogen-bond donors (Lipinski definition) is 2. The van der Waals surface area contributed by atoms with Crippen molar-refractivity contribution in [3.63, 3.8) is 0 Å². The molecule has 0 bridgehead atoms. The van der Waals surface area contributed by atoms with Gasteiger partial charge in [0.05, 0.1) is 20.3 Å². The molecule has 0 spiro atoms. The lowest BCUT2D eigenvalue weighted by Gasteiger charge is -2.22. The van der Waals surface area contributed by atoms with Crippen LogP contribution in [0.4, 0.5) is 10.1 Å². The summed E-state index contributed by atoms with van der Waals surface area (Å²) in [5.41, 5.74) is 1.33. The Morgan fingerprint density at radius 2 is 2.04 bits per heavy atom. The molecule has 0 saturated carbocycles. The van der Waals surface area contributed by atoms with Crippen LogP contribution in [0.5, 0.6) is 5.75 Å². The molecule has 2 aromatic carbocycles. The van der Waals surface area contributed by atoms with E-state index in [1.54, 1.807) is 18.1 Å². The molecule has 24 heavy (non-hydrogen) atoms. The number of nitrogens with one attached hydrogen (secondary N) is 1. The number of ether oxygens (including phenoxy) is 1. The first-order valence-electron chi connectivity index (χ1n) is 7.63. The normalized spacial score (nSPS) is 10.7. The molecule has 0 aliphatic rings. The third kappa shape index (κ3) is 5.33. The molecular formula is C18H21FN2O3. The Balaban J connectivity index is 2.01. The highest BCUT2D eigenvalue weighted by atomic mass is 19.1. The highest BCUT2D eigenvalue weighted by molar-refractivity contribution is 5.92. The molecule has 2 N–H and O–H groups in total. The van der Waals surface area contributed by atoms with E-state index in [1.807, 2.05) is 24.3 Å². The third-order valence-electron chi connectivity index (χ3n) is 3.48. The Kier molecular flexibility index (Phi) is 6.72. The van der Waals surface area contributed by atoms with Gasteiger partial charge in [0.25, 0.3) is 0 Å². The average molecular weight is 332 g/mol. The first-order chi connectivity index (χ1) is 11.6. The van der Waals surface area contributed by atoms with Crippen LogP contribution in [-0.2, 0) is 11.3 Å². The van der Waals surface area contributed by atoms with Crippen molar-refractivity contribution in [3.05, 3.63) is 59.9 Å². The molecule has 2 rings (SSSR count). The summed E-state index contributed by atoms with van der Waals surface area (Å²) in [4.78, 5) is 14.0. The maximum Gasteiger partial charge on any atom is 0.238 e. The van der Waals surface area contributed by atoms with Crippen LogP contribution < -0.4 is 10.1 Å². The van der Waals surface area contributed by atoms with Crippen LogP contribution in [0.15, 0.2) is 48.5 Å². The molecule has 0 atom stereocenters. The molecular weight excluding hydrogens is 311 g/mol. The van der Waals surface area contributed by atoms with E-state index in [4.69, 9.17) is 4.74 Å². The summed E-state index contributed by atoms with van der Waals surface area (Å²) in [6.45, 7) is 0.813. The van der Waals surface area contributed by atoms with Crippen molar-refractivity contribution in [2.75, 3.05) is 32.1 Å². The third-order valence-corrected chi connectivity index (χ3v) is 3.48. The van der Waals surface area contributed by atoms with Gasteiger partial charge in [-0.25, -0.2) is 4.39 Å². The number of benzene rings is 2. The fourth-order valence-corrected chi connectivity index (χ4v) is 2.40. The Bertz CT molecular complexity index is 679. The first-order valence-corrected chi connectivity index (χ1v) is 7.63. The van der Waals surface area contributed by atoms with Crippen LogP contribution in [0.2, 0.25) is 0 Å². The molecule has 0 saturated heterocycles. The highest BCUT2D eigenvalue weighted by Gasteiger charge is 2.13.